The van der Waals surface area contributed by atoms with E-state index in [1.165, 1.54) is 60.9 Å². The van der Waals surface area contributed by atoms with Crippen molar-refractivity contribution in [1.82, 2.24) is 63.4 Å². The van der Waals surface area contributed by atoms with Crippen molar-refractivity contribution in [3.63, 3.8) is 0 Å². The van der Waals surface area contributed by atoms with E-state index in [1.807, 2.05) is 31.2 Å². The summed E-state index contributed by atoms with van der Waals surface area (Å²) in [6.07, 6.45) is -3.04. The zero-order valence-corrected chi connectivity index (χ0v) is 85.8. The molecule has 4 aromatic carbocycles. The molecule has 0 spiro atoms. The number of halogens is 1. The molecule has 0 radical (unpaired) electrons. The highest BCUT2D eigenvalue weighted by molar-refractivity contribution is 8.77. The molecule has 1 unspecified atom stereocenters. The summed E-state index contributed by atoms with van der Waals surface area (Å²) in [5.41, 5.74) is 7.66. The average Bonchev–Trinajstić information content (AvgIpc) is 1.57. The zero-order valence-electron chi connectivity index (χ0n) is 81.7. The first-order valence-corrected chi connectivity index (χ1v) is 52.4. The number of anilines is 1. The second kappa shape index (κ2) is 54.7. The van der Waals surface area contributed by atoms with E-state index in [1.54, 1.807) is 111 Å². The van der Waals surface area contributed by atoms with Crippen molar-refractivity contribution in [2.75, 3.05) is 69.4 Å². The lowest BCUT2D eigenvalue weighted by molar-refractivity contribution is -0.162. The van der Waals surface area contributed by atoms with Crippen LogP contribution in [-0.2, 0) is 117 Å². The van der Waals surface area contributed by atoms with E-state index >= 15 is 19.2 Å². The fraction of sp³-hybridized carbons (Fsp3) is 0.531. The molecular formula is C98H131ClN14O26S4. The third kappa shape index (κ3) is 33.2. The quantitative estimate of drug-likeness (QED) is 0.0133. The number of nitrogens with one attached hydrogen (secondary N) is 11. The topological polar surface area (TPSA) is 589 Å². The van der Waals surface area contributed by atoms with E-state index in [0.29, 0.717) is 41.5 Å². The number of ketones is 1. The number of allylic oxidation sites excluding steroid dienone is 4. The van der Waals surface area contributed by atoms with Crippen LogP contribution in [-0.4, -0.2) is 304 Å². The summed E-state index contributed by atoms with van der Waals surface area (Å²) in [5, 5.41) is 82.7. The summed E-state index contributed by atoms with van der Waals surface area (Å²) in [5.74, 6) is -16.8. The number of nitrogens with zero attached hydrogens (tertiary/aromatic N) is 2. The van der Waals surface area contributed by atoms with E-state index in [9.17, 15) is 83.1 Å². The summed E-state index contributed by atoms with van der Waals surface area (Å²) in [4.78, 5) is 232. The molecule has 4 bridgehead atoms. The molecule has 780 valence electrons. The first-order valence-electron chi connectivity index (χ1n) is 47.0. The van der Waals surface area contributed by atoms with Crippen molar-refractivity contribution in [2.45, 2.75) is 253 Å². The molecule has 13 amide bonds. The van der Waals surface area contributed by atoms with Crippen LogP contribution < -0.4 is 73.9 Å². The number of Topliss-reactive ketones (excluding diaryl/α,β-unsaturated/α-hetero) is 1. The SMILES string of the molecule is COc1cc2cc(c1Cl)N(C)C(=O)C[C@H](OC(=O)[C@H](C)N(C)C(=O)CCSSC[C@H](NC(C)=O)C(=O)N[C@@H](C)C(=O)NC(CC(=O)O)C(=O)N[C@H](Cc1ccccc1)C(=O)N[C@H]1CSSC[C@@H](C(=O)N[C@H](CO)[C@@H](C)O)NC(=O)[C@H]([C@@H](C)O)NC(=O)[C@H](CCCCN)NC(=O)[C@@H](CC3=CCc4ccccc43)NC(=O)[C@H](Cc3ccccc3)CC1=O)[C@]1(C)O[C@H]1[C@H](C)[C@@H]1C[C@@](O)(NC(=O)O1)[C@H](OC)/C=C/C=C(\C)C2. The van der Waals surface area contributed by atoms with Gasteiger partial charge in [0.05, 0.1) is 62.6 Å². The number of carboxylic acid groups (broad SMARTS) is 1. The van der Waals surface area contributed by atoms with Gasteiger partial charge in [0.15, 0.2) is 11.5 Å². The van der Waals surface area contributed by atoms with E-state index in [0.717, 1.165) is 71.7 Å². The third-order valence-corrected chi connectivity index (χ3v) is 30.6. The van der Waals surface area contributed by atoms with Gasteiger partial charge in [-0.3, -0.25) is 72.4 Å². The van der Waals surface area contributed by atoms with Gasteiger partial charge in [0, 0.05) is 95.1 Å². The fourth-order valence-corrected chi connectivity index (χ4v) is 21.6. The predicted octanol–water partition coefficient (Wildman–Crippen LogP) is 3.02. The minimum Gasteiger partial charge on any atom is -0.495 e. The number of amides is 13. The Morgan fingerprint density at radius 2 is 1.42 bits per heavy atom. The molecule has 3 fully saturated rings. The molecule has 143 heavy (non-hydrogen) atoms. The molecule has 3 saturated heterocycles. The molecule has 1 aliphatic carbocycles. The number of hydrogen-bond donors (Lipinski definition) is 17. The number of aliphatic hydroxyl groups is 4. The van der Waals surface area contributed by atoms with Crippen LogP contribution in [0, 0.1) is 11.8 Å². The molecule has 0 saturated carbocycles. The highest BCUT2D eigenvalue weighted by Gasteiger charge is 2.65. The number of epoxide rings is 1. The Hall–Kier alpha value is -11.2. The van der Waals surface area contributed by atoms with E-state index in [2.05, 4.69) is 58.5 Å². The number of aliphatic carboxylic acids is 1. The molecule has 4 aliphatic heterocycles. The number of rotatable bonds is 37. The Bertz CT molecular complexity index is 5300. The van der Waals surface area contributed by atoms with Gasteiger partial charge >= 0.3 is 18.0 Å². The maximum Gasteiger partial charge on any atom is 0.409 e. The summed E-state index contributed by atoms with van der Waals surface area (Å²) >= 11 is 6.89. The summed E-state index contributed by atoms with van der Waals surface area (Å²) in [6, 6.07) is 10.4. The highest BCUT2D eigenvalue weighted by atomic mass is 35.5. The Balaban J connectivity index is 0.895. The number of carbonyl (C=O) groups excluding carboxylic acids is 15. The number of carboxylic acids is 1. The molecule has 18 N–H and O–H groups in total. The molecule has 4 heterocycles. The van der Waals surface area contributed by atoms with Crippen LogP contribution in [0.1, 0.15) is 141 Å². The Kier molecular flexibility index (Phi) is 44.1. The van der Waals surface area contributed by atoms with Gasteiger partial charge in [-0.1, -0.05) is 177 Å². The smallest absolute Gasteiger partial charge is 0.409 e. The van der Waals surface area contributed by atoms with Gasteiger partial charge in [0.25, 0.3) is 0 Å². The number of fused-ring (bicyclic) bond motifs is 6. The molecule has 4 aromatic rings. The van der Waals surface area contributed by atoms with Gasteiger partial charge in [-0.2, -0.15) is 0 Å². The van der Waals surface area contributed by atoms with Crippen LogP contribution in [0.25, 0.3) is 5.57 Å². The summed E-state index contributed by atoms with van der Waals surface area (Å²) in [7, 11) is 9.57. The van der Waals surface area contributed by atoms with Gasteiger partial charge in [-0.25, -0.2) is 9.59 Å². The fourth-order valence-electron chi connectivity index (χ4n) is 16.8. The zero-order chi connectivity index (χ0) is 105. The van der Waals surface area contributed by atoms with E-state index < -0.39 is 258 Å². The summed E-state index contributed by atoms with van der Waals surface area (Å²) < 4.78 is 29.6. The van der Waals surface area contributed by atoms with Crippen molar-refractivity contribution < 1.29 is 126 Å². The maximum atomic E-state index is 15.6. The van der Waals surface area contributed by atoms with Crippen LogP contribution in [0.2, 0.25) is 5.02 Å². The maximum absolute atomic E-state index is 15.6. The number of unbranched alkanes of at least 4 members (excludes halogenated alkanes) is 1. The van der Waals surface area contributed by atoms with Gasteiger partial charge in [-0.05, 0) is 132 Å². The first kappa shape index (κ1) is 115. The number of methoxy groups -OCH3 is 2. The Labute approximate surface area is 850 Å². The van der Waals surface area contributed by atoms with Crippen LogP contribution in [0.4, 0.5) is 10.5 Å². The number of alkyl carbamates (subject to hydrolysis) is 1. The van der Waals surface area contributed by atoms with Crippen molar-refractivity contribution in [1.29, 1.82) is 0 Å². The largest absolute Gasteiger partial charge is 0.495 e. The van der Waals surface area contributed by atoms with Crippen molar-refractivity contribution in [3.8, 4) is 5.75 Å². The van der Waals surface area contributed by atoms with Crippen LogP contribution in [0.3, 0.4) is 0 Å². The van der Waals surface area contributed by atoms with Gasteiger partial charge in [-0.15, -0.1) is 0 Å². The number of carbonyl (C=O) groups is 16. The van der Waals surface area contributed by atoms with E-state index in [4.69, 9.17) is 41.0 Å². The van der Waals surface area contributed by atoms with Crippen LogP contribution >= 0.6 is 54.8 Å². The molecule has 9 rings (SSSR count). The number of likely N-dealkylation sites (N-methyl/N-ethyl adjacent to an activating group) is 1. The molecule has 45 heteroatoms. The van der Waals surface area contributed by atoms with Crippen molar-refractivity contribution in [3.05, 3.63) is 160 Å². The number of benzene rings is 4. The highest BCUT2D eigenvalue weighted by Crippen LogP contribution is 2.50. The summed E-state index contributed by atoms with van der Waals surface area (Å²) in [6.45, 7) is 10.9. The van der Waals surface area contributed by atoms with Crippen LogP contribution in [0.15, 0.2) is 127 Å². The standard InChI is InChI=1S/C98H131ClN14O26S4/c1-52-24-23-32-78(136-12)98(134)47-77(137-96(133)111-98)53(2)85-97(8,139-85)79(46-81(120)113(10)74-41-61(38-52)42-76(135-11)83(74)99)138-95(132)55(4)112(9)80(119)35-37-140-141-50-72(102-58(7)117)92(129)101-54(3)86(123)104-69(45-82(121)122)91(128)106-67(40-60-27-17-14-18-28-60)89(126)108-71-49-142-143-51-73(93(130)107-70(48-114)56(5)115)109-94(131)84(57(6)116)110-88(125)66(31-21-22-36-100)103-90(127)68(43-63-34-33-62-29-19-20-30-65(62)63)105-87(124)64(44-75(71)118)39-59-25-15-13-16-26-59/h13-20,23-30,32,34,41-42,53-57,64,66-73,77-79,84-85,114-116,134H,21-22,31,33,35-40,43-51,100H2,1-12H3,(H,101,129)(H,102,117)(H,103,127)(H,104,123)(H,105,124)(H,106,128)(H,107,130)(H,108,126)(H,109,131)(H,110,125)(H,111,133)(H,121,122)/b32-23+,52-24+/t53-,54+,55+,56-,57-,64-,66+,67-,68-,69?,70-,71+,72+,73+,77+,78-,79+,84+,85+,97+,98+/m1/s1. The average molecular weight is 2080 g/mol. The second-order valence-electron chi connectivity index (χ2n) is 36.4. The molecule has 21 atom stereocenters. The number of nitrogens with two attached hydrogens (primary N) is 1. The normalized spacial score (nSPS) is 25.4. The van der Waals surface area contributed by atoms with E-state index in [-0.39, 0.29) is 79.5 Å². The Morgan fingerprint density at radius 3 is 2.08 bits per heavy atom. The minimum absolute atomic E-state index is 0.0575. The Morgan fingerprint density at radius 1 is 0.762 bits per heavy atom. The van der Waals surface area contributed by atoms with Gasteiger partial charge in [0.1, 0.15) is 89.1 Å². The van der Waals surface area contributed by atoms with Gasteiger partial charge < -0.3 is 118 Å². The minimum atomic E-state index is -2.00. The lowest BCUT2D eigenvalue weighted by atomic mass is 9.83. The predicted molar refractivity (Wildman–Crippen MR) is 538 cm³/mol. The number of ether oxygens (including phenoxy) is 5. The number of esters is 1. The van der Waals surface area contributed by atoms with Crippen molar-refractivity contribution >= 4 is 161 Å². The lowest BCUT2D eigenvalue weighted by Crippen LogP contribution is -2.63. The first-order chi connectivity index (χ1) is 67.9. The molecule has 0 aromatic heterocycles. The lowest BCUT2D eigenvalue weighted by Gasteiger charge is -2.42. The molecular weight excluding hydrogens is 1950 g/mol. The van der Waals surface area contributed by atoms with Crippen molar-refractivity contribution in [2.24, 2.45) is 17.6 Å². The molecule has 5 aliphatic rings. The monoisotopic (exact) mass is 2080 g/mol. The second-order valence-corrected chi connectivity index (χ2v) is 41.9. The number of aliphatic hydroxyl groups excluding tert-OH is 3. The van der Waals surface area contributed by atoms with Crippen LogP contribution in [0.5, 0.6) is 5.75 Å². The third-order valence-electron chi connectivity index (χ3n) is 25.4. The number of hydrogen-bond acceptors (Lipinski definition) is 30. The van der Waals surface area contributed by atoms with Gasteiger partial charge in [0.2, 0.25) is 70.9 Å². The molecule has 40 nitrogen and oxygen atoms in total.